The van der Waals surface area contributed by atoms with Crippen LogP contribution in [0.5, 0.6) is 0 Å². The lowest BCUT2D eigenvalue weighted by molar-refractivity contribution is 0.583. The molecule has 0 saturated carbocycles. The Balaban J connectivity index is 3.29. The minimum Gasteiger partial charge on any atom is -0.316 e. The van der Waals surface area contributed by atoms with Gasteiger partial charge in [-0.2, -0.15) is 0 Å². The molecule has 0 amide bonds. The Bertz CT molecular complexity index is 503. The van der Waals surface area contributed by atoms with Crippen LogP contribution in [0.25, 0.3) is 0 Å². The van der Waals surface area contributed by atoms with Gasteiger partial charge in [-0.15, -0.1) is 0 Å². The van der Waals surface area contributed by atoms with Gasteiger partial charge in [-0.3, -0.25) is 0 Å². The molecular weight excluding hydrogens is 283 g/mol. The molecule has 0 bridgehead atoms. The molecule has 17 heavy (non-hydrogen) atoms. The molecule has 0 aliphatic rings. The number of hydrogen-bond acceptors (Lipinski definition) is 3. The van der Waals surface area contributed by atoms with Gasteiger partial charge < -0.3 is 5.32 Å². The molecule has 0 aromatic heterocycles. The van der Waals surface area contributed by atoms with Crippen LogP contribution in [0.2, 0.25) is 10.0 Å². The van der Waals surface area contributed by atoms with E-state index >= 15 is 0 Å². The molecule has 0 unspecified atom stereocenters. The molecular formula is C10H14Cl2N2O2S. The van der Waals surface area contributed by atoms with Crippen LogP contribution in [0.3, 0.4) is 0 Å². The molecule has 7 heteroatoms. The van der Waals surface area contributed by atoms with Crippen molar-refractivity contribution in [1.82, 2.24) is 10.0 Å². The summed E-state index contributed by atoms with van der Waals surface area (Å²) in [7, 11) is -1.81. The lowest BCUT2D eigenvalue weighted by atomic mass is 10.2. The summed E-state index contributed by atoms with van der Waals surface area (Å²) >= 11 is 11.9. The van der Waals surface area contributed by atoms with Crippen molar-refractivity contribution in [2.75, 3.05) is 13.6 Å². The van der Waals surface area contributed by atoms with Crippen LogP contribution < -0.4 is 10.0 Å². The molecule has 4 nitrogen and oxygen atoms in total. The molecule has 96 valence electrons. The highest BCUT2D eigenvalue weighted by molar-refractivity contribution is 7.89. The third-order valence-electron chi connectivity index (χ3n) is 2.09. The predicted molar refractivity (Wildman–Crippen MR) is 70.1 cm³/mol. The molecule has 0 heterocycles. The Kier molecular flexibility index (Phi) is 5.22. The maximum atomic E-state index is 11.9. The van der Waals surface area contributed by atoms with Crippen LogP contribution in [0.1, 0.15) is 12.5 Å². The monoisotopic (exact) mass is 296 g/mol. The first-order valence-electron chi connectivity index (χ1n) is 5.04. The van der Waals surface area contributed by atoms with Gasteiger partial charge in [0.05, 0.1) is 5.02 Å². The van der Waals surface area contributed by atoms with Crippen molar-refractivity contribution in [3.05, 3.63) is 27.7 Å². The van der Waals surface area contributed by atoms with Crippen molar-refractivity contribution in [2.45, 2.75) is 18.4 Å². The largest absolute Gasteiger partial charge is 0.316 e. The van der Waals surface area contributed by atoms with Crippen LogP contribution in [-0.4, -0.2) is 22.0 Å². The first kappa shape index (κ1) is 14.7. The van der Waals surface area contributed by atoms with Gasteiger partial charge in [0, 0.05) is 18.1 Å². The summed E-state index contributed by atoms with van der Waals surface area (Å²) in [5.74, 6) is 0. The first-order chi connectivity index (χ1) is 7.92. The molecule has 1 aromatic carbocycles. The van der Waals surface area contributed by atoms with Crippen molar-refractivity contribution < 1.29 is 8.42 Å². The van der Waals surface area contributed by atoms with E-state index in [-0.39, 0.29) is 9.92 Å². The Morgan fingerprint density at radius 3 is 2.41 bits per heavy atom. The fourth-order valence-corrected chi connectivity index (χ4v) is 3.27. The highest BCUT2D eigenvalue weighted by Gasteiger charge is 2.18. The van der Waals surface area contributed by atoms with E-state index < -0.39 is 10.0 Å². The number of sulfonamides is 1. The van der Waals surface area contributed by atoms with E-state index in [2.05, 4.69) is 10.0 Å². The minimum atomic E-state index is -3.57. The SMILES string of the molecule is CCNS(=O)(=O)c1cc(CNC)c(Cl)cc1Cl. The van der Waals surface area contributed by atoms with E-state index in [1.807, 2.05) is 0 Å². The standard InChI is InChI=1S/C10H14Cl2N2O2S/c1-3-14-17(15,16)10-4-7(6-13-2)8(11)5-9(10)12/h4-5,13-14H,3,6H2,1-2H3. The van der Waals surface area contributed by atoms with E-state index in [9.17, 15) is 8.42 Å². The second-order valence-corrected chi connectivity index (χ2v) is 5.96. The first-order valence-corrected chi connectivity index (χ1v) is 7.28. The lowest BCUT2D eigenvalue weighted by Gasteiger charge is -2.10. The Hall–Kier alpha value is -0.330. The van der Waals surface area contributed by atoms with Gasteiger partial charge in [0.15, 0.2) is 0 Å². The zero-order valence-electron chi connectivity index (χ0n) is 9.55. The molecule has 0 fully saturated rings. The van der Waals surface area contributed by atoms with E-state index in [0.717, 1.165) is 0 Å². The summed E-state index contributed by atoms with van der Waals surface area (Å²) in [6.45, 7) is 2.49. The zero-order valence-corrected chi connectivity index (χ0v) is 11.9. The lowest BCUT2D eigenvalue weighted by Crippen LogP contribution is -2.23. The van der Waals surface area contributed by atoms with Crippen molar-refractivity contribution in [1.29, 1.82) is 0 Å². The Morgan fingerprint density at radius 2 is 1.88 bits per heavy atom. The van der Waals surface area contributed by atoms with Gasteiger partial charge in [0.2, 0.25) is 10.0 Å². The second kappa shape index (κ2) is 6.02. The van der Waals surface area contributed by atoms with Gasteiger partial charge in [-0.1, -0.05) is 30.1 Å². The molecule has 0 radical (unpaired) electrons. The fraction of sp³-hybridized carbons (Fsp3) is 0.400. The number of nitrogens with one attached hydrogen (secondary N) is 2. The van der Waals surface area contributed by atoms with Crippen LogP contribution >= 0.6 is 23.2 Å². The minimum absolute atomic E-state index is 0.0515. The quantitative estimate of drug-likeness (QED) is 0.874. The summed E-state index contributed by atoms with van der Waals surface area (Å²) in [5, 5.41) is 3.48. The smallest absolute Gasteiger partial charge is 0.242 e. The number of hydrogen-bond donors (Lipinski definition) is 2. The Morgan fingerprint density at radius 1 is 1.24 bits per heavy atom. The highest BCUT2D eigenvalue weighted by Crippen LogP contribution is 2.28. The molecule has 1 aromatic rings. The number of benzene rings is 1. The number of rotatable bonds is 5. The average Bonchev–Trinajstić information content (AvgIpc) is 2.21. The maximum absolute atomic E-state index is 11.9. The topological polar surface area (TPSA) is 58.2 Å². The molecule has 0 saturated heterocycles. The van der Waals surface area contributed by atoms with Crippen molar-refractivity contribution >= 4 is 33.2 Å². The summed E-state index contributed by atoms with van der Waals surface area (Å²) in [4.78, 5) is 0.0515. The zero-order chi connectivity index (χ0) is 13.1. The van der Waals surface area contributed by atoms with Crippen LogP contribution in [0, 0.1) is 0 Å². The Labute approximate surface area is 111 Å². The van der Waals surface area contributed by atoms with Gasteiger partial charge >= 0.3 is 0 Å². The normalized spacial score (nSPS) is 11.8. The van der Waals surface area contributed by atoms with E-state index in [0.29, 0.717) is 23.7 Å². The summed E-state index contributed by atoms with van der Waals surface area (Å²) in [5.41, 5.74) is 0.690. The van der Waals surface area contributed by atoms with Gasteiger partial charge in [-0.25, -0.2) is 13.1 Å². The van der Waals surface area contributed by atoms with Crippen LogP contribution in [0.4, 0.5) is 0 Å². The second-order valence-electron chi connectivity index (χ2n) is 3.41. The van der Waals surface area contributed by atoms with E-state index in [1.54, 1.807) is 14.0 Å². The summed E-state index contributed by atoms with van der Waals surface area (Å²) in [6, 6.07) is 2.93. The summed E-state index contributed by atoms with van der Waals surface area (Å²) < 4.78 is 26.1. The predicted octanol–water partition coefficient (Wildman–Crippen LogP) is 2.01. The van der Waals surface area contributed by atoms with E-state index in [1.165, 1.54) is 12.1 Å². The number of halogens is 2. The maximum Gasteiger partial charge on any atom is 0.242 e. The van der Waals surface area contributed by atoms with Gasteiger partial charge in [0.1, 0.15) is 4.90 Å². The van der Waals surface area contributed by atoms with Crippen LogP contribution in [-0.2, 0) is 16.6 Å². The molecule has 1 rings (SSSR count). The average molecular weight is 297 g/mol. The third kappa shape index (κ3) is 3.56. The summed E-state index contributed by atoms with van der Waals surface area (Å²) in [6.07, 6.45) is 0. The van der Waals surface area contributed by atoms with Crippen molar-refractivity contribution in [3.63, 3.8) is 0 Å². The molecule has 0 spiro atoms. The van der Waals surface area contributed by atoms with Crippen molar-refractivity contribution in [2.24, 2.45) is 0 Å². The van der Waals surface area contributed by atoms with Gasteiger partial charge in [0.25, 0.3) is 0 Å². The van der Waals surface area contributed by atoms with Gasteiger partial charge in [-0.05, 0) is 24.7 Å². The molecule has 0 aliphatic carbocycles. The van der Waals surface area contributed by atoms with Crippen LogP contribution in [0.15, 0.2) is 17.0 Å². The molecule has 0 aliphatic heterocycles. The van der Waals surface area contributed by atoms with E-state index in [4.69, 9.17) is 23.2 Å². The molecule has 0 atom stereocenters. The highest BCUT2D eigenvalue weighted by atomic mass is 35.5. The third-order valence-corrected chi connectivity index (χ3v) is 4.45. The molecule has 2 N–H and O–H groups in total. The fourth-order valence-electron chi connectivity index (χ4n) is 1.37. The van der Waals surface area contributed by atoms with Crippen molar-refractivity contribution in [3.8, 4) is 0 Å².